The lowest BCUT2D eigenvalue weighted by molar-refractivity contribution is 0.430. The van der Waals surface area contributed by atoms with E-state index in [-0.39, 0.29) is 6.01 Å². The minimum Gasteiger partial charge on any atom is -0.454 e. The average Bonchev–Trinajstić information content (AvgIpc) is 3.22. The Kier molecular flexibility index (Phi) is 4.37. The number of anilines is 1. The highest BCUT2D eigenvalue weighted by atomic mass is 16.5. The Hall–Kier alpha value is -4.53. The SMILES string of the molecule is Nc1ncnc2n[nH]c(-c3ccc(Oc4cnc(Oc5ccccc5)nc4)cc3)c12. The summed E-state index contributed by atoms with van der Waals surface area (Å²) in [4.78, 5) is 16.5. The number of rotatable bonds is 5. The maximum Gasteiger partial charge on any atom is 0.322 e. The topological polar surface area (TPSA) is 125 Å². The maximum absolute atomic E-state index is 5.97. The van der Waals surface area contributed by atoms with E-state index in [2.05, 4.69) is 30.1 Å². The maximum atomic E-state index is 5.97. The van der Waals surface area contributed by atoms with Crippen LogP contribution in [0.5, 0.6) is 23.3 Å². The Morgan fingerprint density at radius 1 is 0.733 bits per heavy atom. The molecule has 0 saturated heterocycles. The second-order valence-electron chi connectivity index (χ2n) is 6.30. The molecule has 3 N–H and O–H groups in total. The van der Waals surface area contributed by atoms with Gasteiger partial charge in [0.25, 0.3) is 0 Å². The Morgan fingerprint density at radius 3 is 2.23 bits per heavy atom. The first kappa shape index (κ1) is 17.6. The first-order valence-corrected chi connectivity index (χ1v) is 9.04. The van der Waals surface area contributed by atoms with Crippen LogP contribution < -0.4 is 15.2 Å². The fraction of sp³-hybridized carbons (Fsp3) is 0. The molecule has 0 bridgehead atoms. The summed E-state index contributed by atoms with van der Waals surface area (Å²) in [7, 11) is 0. The number of aromatic nitrogens is 6. The standard InChI is InChI=1S/C21H15N7O2/c22-19-17-18(27-28-20(17)26-12-25-19)13-6-8-15(9-7-13)29-16-10-23-21(24-11-16)30-14-4-2-1-3-5-14/h1-12H,(H3,22,25,26,27,28). The highest BCUT2D eigenvalue weighted by Gasteiger charge is 2.12. The summed E-state index contributed by atoms with van der Waals surface area (Å²) >= 11 is 0. The van der Waals surface area contributed by atoms with E-state index in [0.29, 0.717) is 34.1 Å². The Morgan fingerprint density at radius 2 is 1.47 bits per heavy atom. The minimum atomic E-state index is 0.245. The van der Waals surface area contributed by atoms with Crippen molar-refractivity contribution in [2.75, 3.05) is 5.73 Å². The molecule has 0 aliphatic rings. The van der Waals surface area contributed by atoms with Crippen molar-refractivity contribution >= 4 is 16.9 Å². The number of aromatic amines is 1. The predicted molar refractivity (Wildman–Crippen MR) is 110 cm³/mol. The van der Waals surface area contributed by atoms with Gasteiger partial charge in [-0.25, -0.2) is 9.97 Å². The quantitative estimate of drug-likeness (QED) is 0.456. The molecule has 0 atom stereocenters. The van der Waals surface area contributed by atoms with Gasteiger partial charge in [0.05, 0.1) is 23.5 Å². The highest BCUT2D eigenvalue weighted by molar-refractivity contribution is 5.97. The van der Waals surface area contributed by atoms with E-state index >= 15 is 0 Å². The van der Waals surface area contributed by atoms with E-state index in [0.717, 1.165) is 11.3 Å². The van der Waals surface area contributed by atoms with Gasteiger partial charge in [-0.2, -0.15) is 15.1 Å². The van der Waals surface area contributed by atoms with Gasteiger partial charge >= 0.3 is 6.01 Å². The molecule has 0 saturated carbocycles. The molecule has 2 aromatic carbocycles. The zero-order valence-electron chi connectivity index (χ0n) is 15.6. The molecule has 0 spiro atoms. The van der Waals surface area contributed by atoms with Crippen molar-refractivity contribution in [2.45, 2.75) is 0 Å². The zero-order chi connectivity index (χ0) is 20.3. The van der Waals surface area contributed by atoms with Crippen LogP contribution in [0.15, 0.2) is 73.3 Å². The lowest BCUT2D eigenvalue weighted by atomic mass is 10.1. The van der Waals surface area contributed by atoms with E-state index in [1.54, 1.807) is 12.4 Å². The fourth-order valence-corrected chi connectivity index (χ4v) is 2.92. The molecule has 3 heterocycles. The molecule has 0 aliphatic carbocycles. The van der Waals surface area contributed by atoms with Crippen molar-refractivity contribution in [3.05, 3.63) is 73.3 Å². The number of nitrogen functional groups attached to an aromatic ring is 1. The number of hydrogen-bond acceptors (Lipinski definition) is 8. The molecule has 0 unspecified atom stereocenters. The van der Waals surface area contributed by atoms with Gasteiger partial charge < -0.3 is 15.2 Å². The van der Waals surface area contributed by atoms with Crippen molar-refractivity contribution in [2.24, 2.45) is 0 Å². The molecule has 3 aromatic heterocycles. The lowest BCUT2D eigenvalue weighted by Crippen LogP contribution is -1.93. The molecular formula is C21H15N7O2. The van der Waals surface area contributed by atoms with Crippen molar-refractivity contribution < 1.29 is 9.47 Å². The summed E-state index contributed by atoms with van der Waals surface area (Å²) in [5, 5.41) is 7.82. The average molecular weight is 397 g/mol. The molecule has 30 heavy (non-hydrogen) atoms. The first-order chi connectivity index (χ1) is 14.8. The number of nitrogens with zero attached hydrogens (tertiary/aromatic N) is 5. The van der Waals surface area contributed by atoms with Crippen LogP contribution >= 0.6 is 0 Å². The molecule has 0 radical (unpaired) electrons. The minimum absolute atomic E-state index is 0.245. The molecule has 146 valence electrons. The second-order valence-corrected chi connectivity index (χ2v) is 6.30. The smallest absolute Gasteiger partial charge is 0.322 e. The fourth-order valence-electron chi connectivity index (χ4n) is 2.92. The van der Waals surface area contributed by atoms with Crippen molar-refractivity contribution in [1.82, 2.24) is 30.1 Å². The number of benzene rings is 2. The van der Waals surface area contributed by atoms with E-state index in [1.165, 1.54) is 6.33 Å². The summed E-state index contributed by atoms with van der Waals surface area (Å²) < 4.78 is 11.4. The van der Waals surface area contributed by atoms with E-state index in [1.807, 2.05) is 54.6 Å². The van der Waals surface area contributed by atoms with Crippen LogP contribution in [-0.2, 0) is 0 Å². The Labute approximate surface area is 170 Å². The van der Waals surface area contributed by atoms with Crippen molar-refractivity contribution in [3.8, 4) is 34.5 Å². The summed E-state index contributed by atoms with van der Waals surface area (Å²) in [5.41, 5.74) is 8.13. The van der Waals surface area contributed by atoms with Crippen LogP contribution in [0.25, 0.3) is 22.3 Å². The Bertz CT molecular complexity index is 1290. The van der Waals surface area contributed by atoms with Crippen molar-refractivity contribution in [1.29, 1.82) is 0 Å². The lowest BCUT2D eigenvalue weighted by Gasteiger charge is -2.07. The van der Waals surface area contributed by atoms with E-state index in [9.17, 15) is 0 Å². The second kappa shape index (κ2) is 7.47. The molecular weight excluding hydrogens is 382 g/mol. The van der Waals surface area contributed by atoms with Gasteiger partial charge in [-0.1, -0.05) is 18.2 Å². The molecule has 0 aliphatic heterocycles. The van der Waals surface area contributed by atoms with E-state index < -0.39 is 0 Å². The largest absolute Gasteiger partial charge is 0.454 e. The zero-order valence-corrected chi connectivity index (χ0v) is 15.6. The molecule has 0 amide bonds. The molecule has 5 rings (SSSR count). The number of hydrogen-bond donors (Lipinski definition) is 2. The van der Waals surface area contributed by atoms with Gasteiger partial charge in [0.2, 0.25) is 0 Å². The number of nitrogens with one attached hydrogen (secondary N) is 1. The van der Waals surface area contributed by atoms with Crippen LogP contribution in [0.4, 0.5) is 5.82 Å². The van der Waals surface area contributed by atoms with Gasteiger partial charge in [-0.3, -0.25) is 5.10 Å². The molecule has 9 heteroatoms. The summed E-state index contributed by atoms with van der Waals surface area (Å²) in [6, 6.07) is 17.0. The van der Waals surface area contributed by atoms with Crippen LogP contribution in [0.3, 0.4) is 0 Å². The van der Waals surface area contributed by atoms with Crippen LogP contribution in [0, 0.1) is 0 Å². The predicted octanol–water partition coefficient (Wildman–Crippen LogP) is 3.98. The van der Waals surface area contributed by atoms with Gasteiger partial charge in [-0.05, 0) is 36.4 Å². The molecule has 5 aromatic rings. The third kappa shape index (κ3) is 3.47. The third-order valence-corrected chi connectivity index (χ3v) is 4.32. The Balaban J connectivity index is 1.31. The monoisotopic (exact) mass is 397 g/mol. The van der Waals surface area contributed by atoms with Gasteiger partial charge in [0.15, 0.2) is 11.4 Å². The molecule has 9 nitrogen and oxygen atoms in total. The summed E-state index contributed by atoms with van der Waals surface area (Å²) in [6.07, 6.45) is 4.50. The number of ether oxygens (including phenoxy) is 2. The normalized spacial score (nSPS) is 10.8. The third-order valence-electron chi connectivity index (χ3n) is 4.32. The van der Waals surface area contributed by atoms with E-state index in [4.69, 9.17) is 15.2 Å². The first-order valence-electron chi connectivity index (χ1n) is 9.04. The summed E-state index contributed by atoms with van der Waals surface area (Å²) in [5.74, 6) is 2.16. The number of H-pyrrole nitrogens is 1. The van der Waals surface area contributed by atoms with Gasteiger partial charge in [0.1, 0.15) is 23.6 Å². The van der Waals surface area contributed by atoms with Crippen LogP contribution in [0.1, 0.15) is 0 Å². The highest BCUT2D eigenvalue weighted by Crippen LogP contribution is 2.30. The van der Waals surface area contributed by atoms with Gasteiger partial charge in [0, 0.05) is 5.56 Å². The molecule has 0 fully saturated rings. The summed E-state index contributed by atoms with van der Waals surface area (Å²) in [6.45, 7) is 0. The number of para-hydroxylation sites is 1. The van der Waals surface area contributed by atoms with Gasteiger partial charge in [-0.15, -0.1) is 0 Å². The van der Waals surface area contributed by atoms with Crippen LogP contribution in [-0.4, -0.2) is 30.1 Å². The number of fused-ring (bicyclic) bond motifs is 1. The van der Waals surface area contributed by atoms with Crippen LogP contribution in [0.2, 0.25) is 0 Å². The van der Waals surface area contributed by atoms with Crippen molar-refractivity contribution in [3.63, 3.8) is 0 Å². The number of nitrogens with two attached hydrogens (primary N) is 1.